The minimum Gasteiger partial charge on any atom is -0.356 e. The van der Waals surface area contributed by atoms with Crippen LogP contribution in [0, 0.1) is 5.92 Å². The number of aromatic nitrogens is 2. The number of piperidine rings is 1. The van der Waals surface area contributed by atoms with Crippen molar-refractivity contribution in [2.24, 2.45) is 5.92 Å². The number of anilines is 1. The van der Waals surface area contributed by atoms with Crippen LogP contribution in [0.25, 0.3) is 0 Å². The molecule has 0 saturated carbocycles. The Balaban J connectivity index is 1.87. The molecule has 0 aromatic carbocycles. The Morgan fingerprint density at radius 1 is 1.33 bits per heavy atom. The summed E-state index contributed by atoms with van der Waals surface area (Å²) in [6, 6.07) is 1.97. The third-order valence-electron chi connectivity index (χ3n) is 4.36. The average molecular weight is 333 g/mol. The summed E-state index contributed by atoms with van der Waals surface area (Å²) in [4.78, 5) is 25.7. The zero-order chi connectivity index (χ0) is 17.7. The first-order valence-electron chi connectivity index (χ1n) is 8.78. The quantitative estimate of drug-likeness (QED) is 0.888. The van der Waals surface area contributed by atoms with Gasteiger partial charge in [0.05, 0.1) is 0 Å². The zero-order valence-corrected chi connectivity index (χ0v) is 15.7. The molecule has 1 fully saturated rings. The van der Waals surface area contributed by atoms with Crippen molar-refractivity contribution in [3.8, 4) is 0 Å². The molecule has 6 nitrogen and oxygen atoms in total. The Morgan fingerprint density at radius 2 is 2.00 bits per heavy atom. The lowest BCUT2D eigenvalue weighted by molar-refractivity contribution is -0.125. The van der Waals surface area contributed by atoms with Gasteiger partial charge in [-0.25, -0.2) is 9.97 Å². The van der Waals surface area contributed by atoms with Crippen LogP contribution in [0.2, 0.25) is 0 Å². The van der Waals surface area contributed by atoms with Crippen molar-refractivity contribution >= 4 is 11.7 Å². The average Bonchev–Trinajstić information content (AvgIpc) is 2.54. The van der Waals surface area contributed by atoms with Gasteiger partial charge in [-0.05, 0) is 33.0 Å². The summed E-state index contributed by atoms with van der Waals surface area (Å²) in [5, 5.41) is 3.04. The Hall–Kier alpha value is -1.69. The van der Waals surface area contributed by atoms with E-state index in [-0.39, 0.29) is 17.2 Å². The maximum atomic E-state index is 12.2. The van der Waals surface area contributed by atoms with E-state index in [0.717, 1.165) is 44.1 Å². The van der Waals surface area contributed by atoms with E-state index in [0.29, 0.717) is 6.54 Å². The summed E-state index contributed by atoms with van der Waals surface area (Å²) in [6.07, 6.45) is 3.59. The summed E-state index contributed by atoms with van der Waals surface area (Å²) >= 11 is 0. The molecule has 1 aliphatic heterocycles. The Kier molecular flexibility index (Phi) is 6.15. The number of hydrogen-bond donors (Lipinski definition) is 1. The predicted molar refractivity (Wildman–Crippen MR) is 97.2 cm³/mol. The molecule has 1 aliphatic rings. The van der Waals surface area contributed by atoms with Gasteiger partial charge < -0.3 is 15.1 Å². The van der Waals surface area contributed by atoms with Crippen LogP contribution in [0.1, 0.15) is 39.4 Å². The maximum absolute atomic E-state index is 12.2. The zero-order valence-electron chi connectivity index (χ0n) is 15.7. The molecule has 2 rings (SSSR count). The van der Waals surface area contributed by atoms with Gasteiger partial charge in [-0.3, -0.25) is 4.79 Å². The van der Waals surface area contributed by atoms with Crippen LogP contribution in [-0.4, -0.2) is 61.0 Å². The summed E-state index contributed by atoms with van der Waals surface area (Å²) < 4.78 is 0. The van der Waals surface area contributed by atoms with E-state index in [1.807, 2.05) is 26.4 Å². The molecule has 24 heavy (non-hydrogen) atoms. The number of rotatable bonds is 5. The van der Waals surface area contributed by atoms with Crippen molar-refractivity contribution < 1.29 is 4.79 Å². The molecule has 1 N–H and O–H groups in total. The van der Waals surface area contributed by atoms with Crippen LogP contribution < -0.4 is 10.2 Å². The van der Waals surface area contributed by atoms with Crippen molar-refractivity contribution in [2.75, 3.05) is 45.2 Å². The number of nitrogens with zero attached hydrogens (tertiary/aromatic N) is 4. The highest BCUT2D eigenvalue weighted by Crippen LogP contribution is 2.24. The second-order valence-corrected chi connectivity index (χ2v) is 7.84. The largest absolute Gasteiger partial charge is 0.356 e. The maximum Gasteiger partial charge on any atom is 0.223 e. The van der Waals surface area contributed by atoms with Crippen LogP contribution in [0.4, 0.5) is 5.82 Å². The summed E-state index contributed by atoms with van der Waals surface area (Å²) in [5.74, 6) is 2.15. The highest BCUT2D eigenvalue weighted by molar-refractivity contribution is 5.78. The first kappa shape index (κ1) is 18.6. The van der Waals surface area contributed by atoms with Gasteiger partial charge in [-0.15, -0.1) is 0 Å². The summed E-state index contributed by atoms with van der Waals surface area (Å²) in [6.45, 7) is 9.69. The van der Waals surface area contributed by atoms with E-state index < -0.39 is 0 Å². The van der Waals surface area contributed by atoms with Gasteiger partial charge in [0.25, 0.3) is 0 Å². The van der Waals surface area contributed by atoms with Crippen molar-refractivity contribution in [2.45, 2.75) is 39.0 Å². The number of hydrogen-bond acceptors (Lipinski definition) is 5. The molecule has 1 amide bonds. The van der Waals surface area contributed by atoms with Gasteiger partial charge >= 0.3 is 0 Å². The Morgan fingerprint density at radius 3 is 2.58 bits per heavy atom. The third-order valence-corrected chi connectivity index (χ3v) is 4.36. The van der Waals surface area contributed by atoms with Gasteiger partial charge in [0, 0.05) is 43.7 Å². The molecule has 6 heteroatoms. The molecule has 2 heterocycles. The van der Waals surface area contributed by atoms with Crippen LogP contribution in [0.3, 0.4) is 0 Å². The first-order valence-corrected chi connectivity index (χ1v) is 8.78. The second-order valence-electron chi connectivity index (χ2n) is 7.84. The fourth-order valence-electron chi connectivity index (χ4n) is 2.80. The lowest BCUT2D eigenvalue weighted by Gasteiger charge is -2.32. The molecule has 1 aromatic rings. The molecule has 0 atom stereocenters. The highest BCUT2D eigenvalue weighted by Gasteiger charge is 2.26. The SMILES string of the molecule is CN(C)CCNC(=O)C1CCN(c2ccnc(C(C)(C)C)n2)CC1. The lowest BCUT2D eigenvalue weighted by atomic mass is 9.95. The van der Waals surface area contributed by atoms with Crippen molar-refractivity contribution in [3.63, 3.8) is 0 Å². The lowest BCUT2D eigenvalue weighted by Crippen LogP contribution is -2.42. The number of carbonyl (C=O) groups is 1. The first-order chi connectivity index (χ1) is 11.3. The van der Waals surface area contributed by atoms with Crippen LogP contribution in [-0.2, 0) is 10.2 Å². The van der Waals surface area contributed by atoms with Crippen LogP contribution in [0.15, 0.2) is 12.3 Å². The van der Waals surface area contributed by atoms with Gasteiger partial charge in [0.1, 0.15) is 11.6 Å². The second kappa shape index (κ2) is 7.92. The van der Waals surface area contributed by atoms with Crippen molar-refractivity contribution in [1.82, 2.24) is 20.2 Å². The topological polar surface area (TPSA) is 61.4 Å². The third kappa shape index (κ3) is 5.16. The molecule has 0 radical (unpaired) electrons. The number of likely N-dealkylation sites (N-methyl/N-ethyl adjacent to an activating group) is 1. The molecule has 0 aliphatic carbocycles. The molecular weight excluding hydrogens is 302 g/mol. The fraction of sp³-hybridized carbons (Fsp3) is 0.722. The van der Waals surface area contributed by atoms with Gasteiger partial charge in [-0.2, -0.15) is 0 Å². The minimum absolute atomic E-state index is 0.0549. The molecule has 0 unspecified atom stereocenters. The Bertz CT molecular complexity index is 545. The van der Waals surface area contributed by atoms with E-state index in [1.54, 1.807) is 0 Å². The summed E-state index contributed by atoms with van der Waals surface area (Å²) in [7, 11) is 4.02. The highest BCUT2D eigenvalue weighted by atomic mass is 16.1. The van der Waals surface area contributed by atoms with E-state index in [9.17, 15) is 4.79 Å². The molecule has 1 saturated heterocycles. The van der Waals surface area contributed by atoms with Crippen LogP contribution >= 0.6 is 0 Å². The van der Waals surface area contributed by atoms with Crippen molar-refractivity contribution in [1.29, 1.82) is 0 Å². The van der Waals surface area contributed by atoms with Gasteiger partial charge in [0.15, 0.2) is 0 Å². The van der Waals surface area contributed by atoms with E-state index >= 15 is 0 Å². The van der Waals surface area contributed by atoms with Crippen molar-refractivity contribution in [3.05, 3.63) is 18.1 Å². The van der Waals surface area contributed by atoms with E-state index in [2.05, 4.69) is 40.9 Å². The summed E-state index contributed by atoms with van der Waals surface area (Å²) in [5.41, 5.74) is -0.0549. The molecular formula is C18H31N5O. The number of carbonyl (C=O) groups excluding carboxylic acids is 1. The van der Waals surface area contributed by atoms with Gasteiger partial charge in [0.2, 0.25) is 5.91 Å². The number of amides is 1. The van der Waals surface area contributed by atoms with E-state index in [1.165, 1.54) is 0 Å². The molecule has 0 spiro atoms. The standard InChI is InChI=1S/C18H31N5O/c1-18(2,3)17-20-9-6-15(21-17)23-11-7-14(8-12-23)16(24)19-10-13-22(4)5/h6,9,14H,7-8,10-13H2,1-5H3,(H,19,24). The predicted octanol–water partition coefficient (Wildman–Crippen LogP) is 1.67. The monoisotopic (exact) mass is 333 g/mol. The fourth-order valence-corrected chi connectivity index (χ4v) is 2.80. The van der Waals surface area contributed by atoms with E-state index in [4.69, 9.17) is 4.98 Å². The number of nitrogens with one attached hydrogen (secondary N) is 1. The van der Waals surface area contributed by atoms with Crippen LogP contribution in [0.5, 0.6) is 0 Å². The normalized spacial score (nSPS) is 16.5. The molecule has 0 bridgehead atoms. The van der Waals surface area contributed by atoms with Gasteiger partial charge in [-0.1, -0.05) is 20.8 Å². The molecule has 1 aromatic heterocycles. The Labute approximate surface area is 145 Å². The smallest absolute Gasteiger partial charge is 0.223 e. The molecule has 134 valence electrons. The minimum atomic E-state index is -0.0549.